The Morgan fingerprint density at radius 1 is 0.859 bits per heavy atom. The minimum atomic E-state index is -2.76. The predicted molar refractivity (Wildman–Crippen MR) is 276 cm³/mol. The number of halogens is 2. The van der Waals surface area contributed by atoms with Gasteiger partial charge in [0, 0.05) is 124 Å². The second kappa shape index (κ2) is 19.4. The van der Waals surface area contributed by atoms with Crippen molar-refractivity contribution < 1.29 is 28.1 Å². The van der Waals surface area contributed by atoms with Gasteiger partial charge < -0.3 is 34.6 Å². The molecule has 0 unspecified atom stereocenters. The molecule has 0 bridgehead atoms. The number of amides is 3. The first-order valence-corrected chi connectivity index (χ1v) is 26.8. The molecule has 19 heteroatoms. The average molecular weight is 1000 g/mol. The van der Waals surface area contributed by atoms with Gasteiger partial charge in [-0.3, -0.25) is 29.3 Å². The molecule has 6 heterocycles. The predicted octanol–water partition coefficient (Wildman–Crippen LogP) is 7.83. The molecule has 16 nitrogen and oxygen atoms in total. The molecular weight excluding hydrogens is 944 g/mol. The second-order valence-corrected chi connectivity index (χ2v) is 22.8. The molecular formula is C52H56ClFN11O5P. The lowest BCUT2D eigenvalue weighted by atomic mass is 9.91. The highest BCUT2D eigenvalue weighted by Crippen LogP contribution is 2.44. The van der Waals surface area contributed by atoms with Crippen molar-refractivity contribution in [3.05, 3.63) is 114 Å². The smallest absolute Gasteiger partial charge is 0.255 e. The molecule has 0 saturated carbocycles. The number of aryl methyl sites for hydroxylation is 1. The molecule has 10 rings (SSSR count). The van der Waals surface area contributed by atoms with Crippen LogP contribution in [-0.2, 0) is 27.7 Å². The van der Waals surface area contributed by atoms with Gasteiger partial charge in [0.15, 0.2) is 5.82 Å². The van der Waals surface area contributed by atoms with E-state index in [2.05, 4.69) is 40.7 Å². The first-order chi connectivity index (χ1) is 34.1. The Bertz CT molecular complexity index is 3080. The summed E-state index contributed by atoms with van der Waals surface area (Å²) in [5.41, 5.74) is 6.90. The maximum atomic E-state index is 16.9. The number of imide groups is 1. The van der Waals surface area contributed by atoms with Crippen molar-refractivity contribution in [1.29, 1.82) is 0 Å². The van der Waals surface area contributed by atoms with Gasteiger partial charge in [-0.05, 0) is 72.8 Å². The number of piperidine rings is 2. The average Bonchev–Trinajstić information content (AvgIpc) is 3.94. The van der Waals surface area contributed by atoms with Gasteiger partial charge in [-0.15, -0.1) is 0 Å². The zero-order valence-corrected chi connectivity index (χ0v) is 41.8. The lowest BCUT2D eigenvalue weighted by molar-refractivity contribution is -0.136. The highest BCUT2D eigenvalue weighted by Gasteiger charge is 2.41. The number of ether oxygens (including phenoxy) is 1. The van der Waals surface area contributed by atoms with Crippen LogP contribution in [0.3, 0.4) is 0 Å². The molecule has 6 aromatic rings. The molecule has 3 amide bonds. The summed E-state index contributed by atoms with van der Waals surface area (Å²) in [7, 11) is 0.707. The SMILES string of the molecule is COc1cc(N2CCC(F)(CN3CCN(c4ccc5c(c4)CN([C@H]4CCC(=O)NC4=O)C5=O)CC3)CC2)c(-c2cnn(C)c2)cc1Nc1ncc(Cl)c(Nc2ccc(-c3ccccc3)cc2P(C)(C)=O)n1. The van der Waals surface area contributed by atoms with E-state index in [4.69, 9.17) is 21.3 Å². The van der Waals surface area contributed by atoms with Crippen molar-refractivity contribution in [3.8, 4) is 28.0 Å². The number of carbonyl (C=O) groups excluding carboxylic acids is 3. The first kappa shape index (κ1) is 47.8. The Kier molecular flexibility index (Phi) is 13.1. The van der Waals surface area contributed by atoms with Crippen molar-refractivity contribution in [1.82, 2.24) is 34.9 Å². The summed E-state index contributed by atoms with van der Waals surface area (Å²) in [5, 5.41) is 14.5. The zero-order valence-electron chi connectivity index (χ0n) is 40.1. The maximum absolute atomic E-state index is 16.9. The van der Waals surface area contributed by atoms with Crippen molar-refractivity contribution in [2.45, 2.75) is 43.9 Å². The number of hydrogen-bond donors (Lipinski definition) is 3. The Morgan fingerprint density at radius 2 is 1.63 bits per heavy atom. The van der Waals surface area contributed by atoms with Crippen LogP contribution in [0.5, 0.6) is 5.75 Å². The fraction of sp³-hybridized carbons (Fsp3) is 0.346. The molecule has 0 spiro atoms. The molecule has 0 aliphatic carbocycles. The minimum Gasteiger partial charge on any atom is -0.494 e. The van der Waals surface area contributed by atoms with Crippen LogP contribution in [0.4, 0.5) is 38.9 Å². The van der Waals surface area contributed by atoms with E-state index in [1.54, 1.807) is 36.2 Å². The monoisotopic (exact) mass is 999 g/mol. The molecule has 4 aromatic carbocycles. The fourth-order valence-corrected chi connectivity index (χ4v) is 11.5. The minimum absolute atomic E-state index is 0.191. The third-order valence-corrected chi connectivity index (χ3v) is 15.8. The third-order valence-electron chi connectivity index (χ3n) is 14.0. The summed E-state index contributed by atoms with van der Waals surface area (Å²) < 4.78 is 38.2. The number of carbonyl (C=O) groups is 3. The van der Waals surface area contributed by atoms with Crippen molar-refractivity contribution in [2.75, 3.05) is 86.7 Å². The lowest BCUT2D eigenvalue weighted by Gasteiger charge is -2.43. The molecule has 4 aliphatic rings. The van der Waals surface area contributed by atoms with Crippen LogP contribution in [0, 0.1) is 0 Å². The number of fused-ring (bicyclic) bond motifs is 1. The molecule has 3 saturated heterocycles. The summed E-state index contributed by atoms with van der Waals surface area (Å²) in [4.78, 5) is 55.0. The van der Waals surface area contributed by atoms with E-state index < -0.39 is 24.8 Å². The number of nitrogens with one attached hydrogen (secondary N) is 3. The molecule has 1 atom stereocenters. The van der Waals surface area contributed by atoms with Crippen molar-refractivity contribution in [2.24, 2.45) is 7.05 Å². The molecule has 4 aliphatic heterocycles. The third kappa shape index (κ3) is 10.1. The van der Waals surface area contributed by atoms with Gasteiger partial charge in [0.25, 0.3) is 5.91 Å². The van der Waals surface area contributed by atoms with E-state index in [1.807, 2.05) is 92.1 Å². The van der Waals surface area contributed by atoms with Gasteiger partial charge >= 0.3 is 0 Å². The number of alkyl halides is 1. The second-order valence-electron chi connectivity index (χ2n) is 19.2. The van der Waals surface area contributed by atoms with E-state index in [0.29, 0.717) is 105 Å². The number of rotatable bonds is 13. The molecule has 71 heavy (non-hydrogen) atoms. The van der Waals surface area contributed by atoms with Crippen LogP contribution in [0.25, 0.3) is 22.3 Å². The van der Waals surface area contributed by atoms with Crippen molar-refractivity contribution in [3.63, 3.8) is 0 Å². The van der Waals surface area contributed by atoms with E-state index in [1.165, 1.54) is 6.20 Å². The number of nitrogens with zero attached hydrogens (tertiary/aromatic N) is 8. The van der Waals surface area contributed by atoms with E-state index in [0.717, 1.165) is 39.2 Å². The van der Waals surface area contributed by atoms with Gasteiger partial charge in [0.1, 0.15) is 29.6 Å². The van der Waals surface area contributed by atoms with Gasteiger partial charge in [0.2, 0.25) is 17.8 Å². The molecule has 2 aromatic heterocycles. The van der Waals surface area contributed by atoms with E-state index >= 15 is 4.39 Å². The maximum Gasteiger partial charge on any atom is 0.255 e. The van der Waals surface area contributed by atoms with Crippen LogP contribution in [0.1, 0.15) is 41.6 Å². The highest BCUT2D eigenvalue weighted by molar-refractivity contribution is 7.70. The Hall–Kier alpha value is -6.81. The largest absolute Gasteiger partial charge is 0.494 e. The zero-order chi connectivity index (χ0) is 49.6. The Labute approximate surface area is 416 Å². The molecule has 368 valence electrons. The van der Waals surface area contributed by atoms with E-state index in [9.17, 15) is 18.9 Å². The summed E-state index contributed by atoms with van der Waals surface area (Å²) in [6.45, 7) is 7.94. The summed E-state index contributed by atoms with van der Waals surface area (Å²) in [6.07, 6.45) is 6.48. The number of anilines is 6. The van der Waals surface area contributed by atoms with E-state index in [-0.39, 0.29) is 29.2 Å². The van der Waals surface area contributed by atoms with Crippen LogP contribution >= 0.6 is 18.7 Å². The lowest BCUT2D eigenvalue weighted by Crippen LogP contribution is -2.53. The first-order valence-electron chi connectivity index (χ1n) is 23.8. The summed E-state index contributed by atoms with van der Waals surface area (Å²) >= 11 is 6.69. The van der Waals surface area contributed by atoms with Crippen LogP contribution in [0.15, 0.2) is 97.5 Å². The van der Waals surface area contributed by atoms with Crippen molar-refractivity contribution >= 4 is 76.3 Å². The standard InChI is InChI=1S/C52H56ClFN11O5P/c1-61-30-36(28-56-61)39-26-42(58-51-55-29-40(53)48(60-51)57-41-13-10-34(25-46(41)71(3,4)69)33-8-6-5-7-9-33)45(70-2)27-44(39)64-18-16-52(54,17-19-64)32-62-20-22-63(23-21-62)37-11-12-38-35(24-37)31-65(50(38)68)43-14-15-47(66)59-49(43)67/h5-13,24-30,43H,14-23,31-32H2,1-4H3,(H,59,66,67)(H2,55,57,58,60)/t43-/m0/s1. The number of aromatic nitrogens is 4. The summed E-state index contributed by atoms with van der Waals surface area (Å²) in [5.74, 6) is 0.196. The van der Waals surface area contributed by atoms with Gasteiger partial charge in [-0.2, -0.15) is 10.1 Å². The Morgan fingerprint density at radius 3 is 2.34 bits per heavy atom. The number of hydrogen-bond acceptors (Lipinski definition) is 13. The van der Waals surface area contributed by atoms with Gasteiger partial charge in [0.05, 0.1) is 30.9 Å². The van der Waals surface area contributed by atoms with Crippen LogP contribution in [-0.4, -0.2) is 125 Å². The molecule has 3 N–H and O–H groups in total. The van der Waals surface area contributed by atoms with Crippen LogP contribution in [0.2, 0.25) is 5.02 Å². The topological polar surface area (TPSA) is 170 Å². The number of methoxy groups -OCH3 is 1. The molecule has 0 radical (unpaired) electrons. The normalized spacial score (nSPS) is 18.4. The fourth-order valence-electron chi connectivity index (χ4n) is 10.2. The van der Waals surface area contributed by atoms with Crippen LogP contribution < -0.4 is 35.8 Å². The highest BCUT2D eigenvalue weighted by atomic mass is 35.5. The quantitative estimate of drug-likeness (QED) is 0.0757. The summed E-state index contributed by atoms with van der Waals surface area (Å²) in [6, 6.07) is 24.9. The molecule has 3 fully saturated rings. The number of benzene rings is 4. The Balaban J connectivity index is 0.805. The van der Waals surface area contributed by atoms with Gasteiger partial charge in [-0.1, -0.05) is 48.0 Å². The number of piperazine rings is 1. The van der Waals surface area contributed by atoms with Gasteiger partial charge in [-0.25, -0.2) is 9.37 Å².